The van der Waals surface area contributed by atoms with Crippen LogP contribution in [-0.2, 0) is 0 Å². The quantitative estimate of drug-likeness (QED) is 0.271. The molecule has 0 saturated carbocycles. The van der Waals surface area contributed by atoms with Gasteiger partial charge < -0.3 is 10.9 Å². The van der Waals surface area contributed by atoms with Gasteiger partial charge in [-0.05, 0) is 25.8 Å². The molecule has 3 N–H and O–H groups in total. The molecular weight excluding hydrogens is 166 g/mol. The SMILES string of the molecule is N/C(=N/O)[C@@H]1C[C@@H]2CCCCN2C1. The Morgan fingerprint density at radius 2 is 2.31 bits per heavy atom. The van der Waals surface area contributed by atoms with E-state index in [9.17, 15) is 0 Å². The zero-order valence-corrected chi connectivity index (χ0v) is 7.82. The van der Waals surface area contributed by atoms with Gasteiger partial charge >= 0.3 is 0 Å². The molecule has 74 valence electrons. The third kappa shape index (κ3) is 1.63. The Kier molecular flexibility index (Phi) is 2.40. The molecule has 0 amide bonds. The Morgan fingerprint density at radius 3 is 3.00 bits per heavy atom. The van der Waals surface area contributed by atoms with Gasteiger partial charge in [0, 0.05) is 18.5 Å². The van der Waals surface area contributed by atoms with Gasteiger partial charge in [-0.3, -0.25) is 4.90 Å². The third-order valence-corrected chi connectivity index (χ3v) is 3.29. The highest BCUT2D eigenvalue weighted by molar-refractivity contribution is 5.82. The summed E-state index contributed by atoms with van der Waals surface area (Å²) in [6.45, 7) is 2.18. The van der Waals surface area contributed by atoms with Gasteiger partial charge in [0.1, 0.15) is 5.84 Å². The van der Waals surface area contributed by atoms with Crippen molar-refractivity contribution in [1.29, 1.82) is 0 Å². The third-order valence-electron chi connectivity index (χ3n) is 3.29. The average Bonchev–Trinajstić information content (AvgIpc) is 2.59. The minimum Gasteiger partial charge on any atom is -0.409 e. The number of nitrogens with two attached hydrogens (primary N) is 1. The van der Waals surface area contributed by atoms with Crippen molar-refractivity contribution in [2.45, 2.75) is 31.7 Å². The van der Waals surface area contributed by atoms with Crippen molar-refractivity contribution >= 4 is 5.84 Å². The van der Waals surface area contributed by atoms with Gasteiger partial charge in [-0.1, -0.05) is 11.6 Å². The van der Waals surface area contributed by atoms with Crippen molar-refractivity contribution < 1.29 is 5.21 Å². The van der Waals surface area contributed by atoms with Crippen LogP contribution >= 0.6 is 0 Å². The van der Waals surface area contributed by atoms with Gasteiger partial charge in [0.2, 0.25) is 0 Å². The summed E-state index contributed by atoms with van der Waals surface area (Å²) in [5, 5.41) is 11.7. The number of amidine groups is 1. The number of piperidine rings is 1. The van der Waals surface area contributed by atoms with Gasteiger partial charge in [-0.15, -0.1) is 0 Å². The summed E-state index contributed by atoms with van der Waals surface area (Å²) in [6, 6.07) is 0.694. The van der Waals surface area contributed by atoms with Crippen molar-refractivity contribution in [3.05, 3.63) is 0 Å². The fourth-order valence-electron chi connectivity index (χ4n) is 2.55. The van der Waals surface area contributed by atoms with E-state index in [-0.39, 0.29) is 5.92 Å². The van der Waals surface area contributed by atoms with Crippen LogP contribution < -0.4 is 5.73 Å². The second-order valence-corrected chi connectivity index (χ2v) is 4.10. The fraction of sp³-hybridized carbons (Fsp3) is 0.889. The molecule has 0 aliphatic carbocycles. The molecule has 13 heavy (non-hydrogen) atoms. The Balaban J connectivity index is 1.98. The highest BCUT2D eigenvalue weighted by Crippen LogP contribution is 2.30. The van der Waals surface area contributed by atoms with Gasteiger partial charge in [-0.2, -0.15) is 0 Å². The molecule has 0 unspecified atom stereocenters. The lowest BCUT2D eigenvalue weighted by Crippen LogP contribution is -2.34. The summed E-state index contributed by atoms with van der Waals surface area (Å²) >= 11 is 0. The molecule has 4 nitrogen and oxygen atoms in total. The molecule has 0 aromatic rings. The summed E-state index contributed by atoms with van der Waals surface area (Å²) in [5.41, 5.74) is 5.61. The largest absolute Gasteiger partial charge is 0.409 e. The van der Waals surface area contributed by atoms with Crippen LogP contribution in [0.2, 0.25) is 0 Å². The lowest BCUT2D eigenvalue weighted by molar-refractivity contribution is 0.197. The predicted octanol–water partition coefficient (Wildman–Crippen LogP) is 0.607. The van der Waals surface area contributed by atoms with E-state index in [2.05, 4.69) is 10.1 Å². The van der Waals surface area contributed by atoms with Crippen molar-refractivity contribution in [2.75, 3.05) is 13.1 Å². The molecule has 0 radical (unpaired) electrons. The highest BCUT2D eigenvalue weighted by Gasteiger charge is 2.35. The maximum atomic E-state index is 8.57. The number of hydrogen-bond donors (Lipinski definition) is 2. The molecule has 2 saturated heterocycles. The van der Waals surface area contributed by atoms with E-state index in [1.165, 1.54) is 25.8 Å². The van der Waals surface area contributed by atoms with Crippen molar-refractivity contribution in [3.63, 3.8) is 0 Å². The Labute approximate surface area is 78.4 Å². The number of nitrogens with zero attached hydrogens (tertiary/aromatic N) is 2. The van der Waals surface area contributed by atoms with E-state index in [0.717, 1.165) is 13.0 Å². The van der Waals surface area contributed by atoms with Gasteiger partial charge in [0.25, 0.3) is 0 Å². The monoisotopic (exact) mass is 183 g/mol. The number of oxime groups is 1. The normalized spacial score (nSPS) is 36.2. The first-order chi connectivity index (χ1) is 6.31. The van der Waals surface area contributed by atoms with E-state index < -0.39 is 0 Å². The molecule has 2 atom stereocenters. The lowest BCUT2D eigenvalue weighted by Gasteiger charge is -2.28. The van der Waals surface area contributed by atoms with E-state index in [4.69, 9.17) is 10.9 Å². The van der Waals surface area contributed by atoms with E-state index in [1.54, 1.807) is 0 Å². The minimum absolute atomic E-state index is 0.285. The van der Waals surface area contributed by atoms with E-state index in [0.29, 0.717) is 11.9 Å². The van der Waals surface area contributed by atoms with Crippen LogP contribution in [0.4, 0.5) is 0 Å². The molecule has 2 heterocycles. The molecule has 0 aromatic carbocycles. The molecule has 0 aromatic heterocycles. The minimum atomic E-state index is 0.285. The zero-order chi connectivity index (χ0) is 9.26. The summed E-state index contributed by atoms with van der Waals surface area (Å²) in [4.78, 5) is 2.48. The van der Waals surface area contributed by atoms with Crippen LogP contribution in [0, 0.1) is 5.92 Å². The maximum Gasteiger partial charge on any atom is 0.143 e. The summed E-state index contributed by atoms with van der Waals surface area (Å²) < 4.78 is 0. The first-order valence-electron chi connectivity index (χ1n) is 5.02. The molecule has 2 aliphatic rings. The van der Waals surface area contributed by atoms with E-state index >= 15 is 0 Å². The second-order valence-electron chi connectivity index (χ2n) is 4.10. The second kappa shape index (κ2) is 3.54. The first kappa shape index (κ1) is 8.81. The van der Waals surface area contributed by atoms with Crippen molar-refractivity contribution in [2.24, 2.45) is 16.8 Å². The molecular formula is C9H17N3O. The maximum absolute atomic E-state index is 8.57. The number of hydrogen-bond acceptors (Lipinski definition) is 3. The van der Waals surface area contributed by atoms with Gasteiger partial charge in [0.05, 0.1) is 0 Å². The number of rotatable bonds is 1. The highest BCUT2D eigenvalue weighted by atomic mass is 16.4. The van der Waals surface area contributed by atoms with Crippen LogP contribution in [0.1, 0.15) is 25.7 Å². The molecule has 0 bridgehead atoms. The predicted molar refractivity (Wildman–Crippen MR) is 50.7 cm³/mol. The average molecular weight is 183 g/mol. The van der Waals surface area contributed by atoms with Crippen LogP contribution in [0.15, 0.2) is 5.16 Å². The smallest absolute Gasteiger partial charge is 0.143 e. The topological polar surface area (TPSA) is 61.9 Å². The fourth-order valence-corrected chi connectivity index (χ4v) is 2.55. The van der Waals surface area contributed by atoms with Crippen molar-refractivity contribution in [3.8, 4) is 0 Å². The molecule has 2 aliphatic heterocycles. The Morgan fingerprint density at radius 1 is 1.46 bits per heavy atom. The van der Waals surface area contributed by atoms with Crippen LogP contribution in [0.5, 0.6) is 0 Å². The standard InChI is InChI=1S/C9H17N3O/c10-9(11-13)7-5-8-3-1-2-4-12(8)6-7/h7-8,13H,1-6H2,(H2,10,11)/t7-,8+/m1/s1. The lowest BCUT2D eigenvalue weighted by atomic mass is 9.99. The van der Waals surface area contributed by atoms with Crippen molar-refractivity contribution in [1.82, 2.24) is 4.90 Å². The summed E-state index contributed by atoms with van der Waals surface area (Å²) in [6.07, 6.45) is 5.01. The molecule has 0 spiro atoms. The van der Waals surface area contributed by atoms with Crippen LogP contribution in [0.25, 0.3) is 0 Å². The molecule has 2 fully saturated rings. The Bertz CT molecular complexity index is 203. The zero-order valence-electron chi connectivity index (χ0n) is 7.82. The van der Waals surface area contributed by atoms with Crippen LogP contribution in [-0.4, -0.2) is 35.1 Å². The first-order valence-corrected chi connectivity index (χ1v) is 5.02. The molecule has 4 heteroatoms. The summed E-state index contributed by atoms with van der Waals surface area (Å²) in [7, 11) is 0. The van der Waals surface area contributed by atoms with Gasteiger partial charge in [-0.25, -0.2) is 0 Å². The summed E-state index contributed by atoms with van der Waals surface area (Å²) in [5.74, 6) is 0.697. The number of fused-ring (bicyclic) bond motifs is 1. The van der Waals surface area contributed by atoms with E-state index in [1.807, 2.05) is 0 Å². The van der Waals surface area contributed by atoms with Gasteiger partial charge in [0.15, 0.2) is 0 Å². The Hall–Kier alpha value is -0.770. The van der Waals surface area contributed by atoms with Crippen LogP contribution in [0.3, 0.4) is 0 Å². The molecule has 2 rings (SSSR count).